The average Bonchev–Trinajstić information content (AvgIpc) is 3.37. The first kappa shape index (κ1) is 28.5. The van der Waals surface area contributed by atoms with Crippen LogP contribution in [0.3, 0.4) is 0 Å². The molecule has 212 valence electrons. The number of methoxy groups -OCH3 is 1. The number of ketones is 1. The smallest absolute Gasteiger partial charge is 0.416 e. The van der Waals surface area contributed by atoms with Crippen LogP contribution in [0.4, 0.5) is 26.3 Å². The molecule has 0 spiro atoms. The SMILES string of the molecule is COc1cccc(-c2c(C)c(Cc3c(F)cccc3C(F)(F)F)c3n(c2=O)C(C(=O)c2ccc(F)cc2)CS3)c1F. The van der Waals surface area contributed by atoms with Crippen molar-refractivity contribution in [3.63, 3.8) is 0 Å². The van der Waals surface area contributed by atoms with Gasteiger partial charge >= 0.3 is 6.18 Å². The van der Waals surface area contributed by atoms with Crippen molar-refractivity contribution in [1.82, 2.24) is 4.57 Å². The lowest BCUT2D eigenvalue weighted by molar-refractivity contribution is -0.138. The summed E-state index contributed by atoms with van der Waals surface area (Å²) in [5.74, 6) is -3.22. The molecule has 0 bridgehead atoms. The fraction of sp³-hybridized carbons (Fsp3) is 0.200. The lowest BCUT2D eigenvalue weighted by Crippen LogP contribution is -2.31. The number of carbonyl (C=O) groups excluding carboxylic acids is 1. The van der Waals surface area contributed by atoms with Crippen LogP contribution in [-0.2, 0) is 12.6 Å². The van der Waals surface area contributed by atoms with Crippen LogP contribution in [0.15, 0.2) is 70.5 Å². The first-order valence-corrected chi connectivity index (χ1v) is 13.3. The zero-order valence-corrected chi connectivity index (χ0v) is 22.4. The summed E-state index contributed by atoms with van der Waals surface area (Å²) in [6.07, 6.45) is -5.44. The number of nitrogens with zero attached hydrogens (tertiary/aromatic N) is 1. The van der Waals surface area contributed by atoms with E-state index in [1.165, 1.54) is 44.4 Å². The van der Waals surface area contributed by atoms with E-state index in [1.54, 1.807) is 0 Å². The molecule has 1 aliphatic rings. The quantitative estimate of drug-likeness (QED) is 0.174. The van der Waals surface area contributed by atoms with Crippen LogP contribution in [0.1, 0.15) is 38.7 Å². The number of thioether (sulfide) groups is 1. The summed E-state index contributed by atoms with van der Waals surface area (Å²) in [6.45, 7) is 1.45. The molecule has 11 heteroatoms. The summed E-state index contributed by atoms with van der Waals surface area (Å²) in [7, 11) is 1.24. The van der Waals surface area contributed by atoms with Crippen molar-refractivity contribution in [3.8, 4) is 16.9 Å². The second kappa shape index (κ2) is 10.8. The lowest BCUT2D eigenvalue weighted by atomic mass is 9.92. The van der Waals surface area contributed by atoms with E-state index in [4.69, 9.17) is 4.74 Å². The molecule has 0 saturated heterocycles. The monoisotopic (exact) mass is 589 g/mol. The Morgan fingerprint density at radius 3 is 2.34 bits per heavy atom. The predicted molar refractivity (Wildman–Crippen MR) is 142 cm³/mol. The summed E-state index contributed by atoms with van der Waals surface area (Å²) in [4.78, 5) is 27.5. The van der Waals surface area contributed by atoms with Gasteiger partial charge in [0.25, 0.3) is 5.56 Å². The highest BCUT2D eigenvalue weighted by atomic mass is 32.2. The Morgan fingerprint density at radius 1 is 1.00 bits per heavy atom. The summed E-state index contributed by atoms with van der Waals surface area (Å²) >= 11 is 1.06. The summed E-state index contributed by atoms with van der Waals surface area (Å²) in [5.41, 5.74) is -2.54. The number of Topliss-reactive ketones (excluding diaryl/α,β-unsaturated/α-hetero) is 1. The molecule has 5 rings (SSSR count). The zero-order chi connectivity index (χ0) is 29.6. The van der Waals surface area contributed by atoms with Crippen LogP contribution in [0.2, 0.25) is 0 Å². The molecule has 0 saturated carbocycles. The molecular formula is C30H21F6NO3S. The fourth-order valence-corrected chi connectivity index (χ4v) is 6.43. The normalized spacial score (nSPS) is 14.7. The maximum atomic E-state index is 15.5. The van der Waals surface area contributed by atoms with Gasteiger partial charge in [0.15, 0.2) is 17.3 Å². The third kappa shape index (κ3) is 5.03. The van der Waals surface area contributed by atoms with Gasteiger partial charge in [-0.15, -0.1) is 11.8 Å². The topological polar surface area (TPSA) is 48.3 Å². The van der Waals surface area contributed by atoms with E-state index in [2.05, 4.69) is 0 Å². The number of halogens is 6. The van der Waals surface area contributed by atoms with Gasteiger partial charge in [-0.3, -0.25) is 14.2 Å². The number of hydrogen-bond donors (Lipinski definition) is 0. The largest absolute Gasteiger partial charge is 0.494 e. The highest BCUT2D eigenvalue weighted by Crippen LogP contribution is 2.43. The van der Waals surface area contributed by atoms with Gasteiger partial charge in [-0.1, -0.05) is 18.2 Å². The van der Waals surface area contributed by atoms with Crippen molar-refractivity contribution < 1.29 is 35.9 Å². The number of hydrogen-bond acceptors (Lipinski definition) is 4. The fourth-order valence-electron chi connectivity index (χ4n) is 5.07. The minimum absolute atomic E-state index is 0.0331. The summed E-state index contributed by atoms with van der Waals surface area (Å²) < 4.78 is 91.7. The van der Waals surface area contributed by atoms with Gasteiger partial charge in [-0.25, -0.2) is 13.2 Å². The first-order chi connectivity index (χ1) is 19.4. The molecule has 2 heterocycles. The number of alkyl halides is 3. The van der Waals surface area contributed by atoms with Gasteiger partial charge in [0.1, 0.15) is 17.7 Å². The predicted octanol–water partition coefficient (Wildman–Crippen LogP) is 7.39. The minimum Gasteiger partial charge on any atom is -0.494 e. The Kier molecular flexibility index (Phi) is 7.50. The van der Waals surface area contributed by atoms with Crippen LogP contribution >= 0.6 is 11.8 Å². The number of benzene rings is 3. The molecule has 0 aliphatic carbocycles. The van der Waals surface area contributed by atoms with Gasteiger partial charge in [-0.05, 0) is 60.5 Å². The molecule has 1 atom stereocenters. The summed E-state index contributed by atoms with van der Waals surface area (Å²) in [6, 6.07) is 10.3. The van der Waals surface area contributed by atoms with Gasteiger partial charge in [0, 0.05) is 28.9 Å². The number of pyridine rings is 1. The molecule has 0 radical (unpaired) electrons. The lowest BCUT2D eigenvalue weighted by Gasteiger charge is -2.21. The number of fused-ring (bicyclic) bond motifs is 1. The molecule has 1 aromatic heterocycles. The molecule has 0 N–H and O–H groups in total. The van der Waals surface area contributed by atoms with Gasteiger partial charge < -0.3 is 4.74 Å². The molecule has 3 aromatic carbocycles. The maximum absolute atomic E-state index is 15.5. The van der Waals surface area contributed by atoms with Crippen LogP contribution in [-0.4, -0.2) is 23.2 Å². The Morgan fingerprint density at radius 2 is 1.68 bits per heavy atom. The average molecular weight is 590 g/mol. The third-order valence-corrected chi connectivity index (χ3v) is 8.29. The highest BCUT2D eigenvalue weighted by Gasteiger charge is 2.38. The maximum Gasteiger partial charge on any atom is 0.416 e. The molecular weight excluding hydrogens is 568 g/mol. The number of aromatic nitrogens is 1. The van der Waals surface area contributed by atoms with E-state index in [9.17, 15) is 31.5 Å². The summed E-state index contributed by atoms with van der Waals surface area (Å²) in [5, 5.41) is 0.177. The van der Waals surface area contributed by atoms with E-state index in [-0.39, 0.29) is 44.3 Å². The van der Waals surface area contributed by atoms with Crippen molar-refractivity contribution in [2.45, 2.75) is 30.6 Å². The third-order valence-electron chi connectivity index (χ3n) is 7.09. The number of carbonyl (C=O) groups is 1. The molecule has 1 unspecified atom stereocenters. The van der Waals surface area contributed by atoms with E-state index in [1.807, 2.05) is 0 Å². The van der Waals surface area contributed by atoms with E-state index in [0.29, 0.717) is 0 Å². The molecule has 41 heavy (non-hydrogen) atoms. The van der Waals surface area contributed by atoms with Crippen molar-refractivity contribution >= 4 is 17.5 Å². The number of ether oxygens (including phenoxy) is 1. The standard InChI is InChI=1S/C30H21F6NO3S/c1-15-19(13-20-21(30(34,35)36)6-4-7-22(20)32)29-37(23(14-41-29)27(38)16-9-11-17(31)12-10-16)28(39)25(15)18-5-3-8-24(40-2)26(18)33/h3-12,23H,13-14H2,1-2H3. The van der Waals surface area contributed by atoms with Crippen LogP contribution < -0.4 is 10.3 Å². The number of rotatable bonds is 6. The van der Waals surface area contributed by atoms with Crippen molar-refractivity contribution in [3.05, 3.63) is 116 Å². The zero-order valence-electron chi connectivity index (χ0n) is 21.6. The van der Waals surface area contributed by atoms with Crippen LogP contribution in [0.25, 0.3) is 11.1 Å². The Bertz CT molecular complexity index is 1730. The van der Waals surface area contributed by atoms with Crippen LogP contribution in [0, 0.1) is 24.4 Å². The van der Waals surface area contributed by atoms with Gasteiger partial charge in [0.05, 0.1) is 23.3 Å². The van der Waals surface area contributed by atoms with E-state index < -0.39 is 58.6 Å². The van der Waals surface area contributed by atoms with Crippen molar-refractivity contribution in [2.24, 2.45) is 0 Å². The second-order valence-corrected chi connectivity index (χ2v) is 10.4. The van der Waals surface area contributed by atoms with Crippen molar-refractivity contribution in [2.75, 3.05) is 12.9 Å². The molecule has 4 nitrogen and oxygen atoms in total. The van der Waals surface area contributed by atoms with E-state index >= 15 is 4.39 Å². The Balaban J connectivity index is 1.78. The molecule has 1 aliphatic heterocycles. The van der Waals surface area contributed by atoms with Gasteiger partial charge in [-0.2, -0.15) is 13.2 Å². The second-order valence-electron chi connectivity index (χ2n) is 9.42. The molecule has 0 amide bonds. The Hall–Kier alpha value is -3.99. The minimum atomic E-state index is -4.86. The Labute approximate surface area is 234 Å². The van der Waals surface area contributed by atoms with Gasteiger partial charge in [0.2, 0.25) is 0 Å². The van der Waals surface area contributed by atoms with E-state index in [0.717, 1.165) is 46.7 Å². The van der Waals surface area contributed by atoms with Crippen molar-refractivity contribution in [1.29, 1.82) is 0 Å². The first-order valence-electron chi connectivity index (χ1n) is 12.3. The molecule has 4 aromatic rings. The van der Waals surface area contributed by atoms with Crippen LogP contribution in [0.5, 0.6) is 5.75 Å². The highest BCUT2D eigenvalue weighted by molar-refractivity contribution is 7.99. The molecule has 0 fully saturated rings.